The van der Waals surface area contributed by atoms with Gasteiger partial charge in [-0.1, -0.05) is 38.8 Å². The molecule has 0 saturated heterocycles. The number of hydrogen-bond acceptors (Lipinski definition) is 1. The number of allylic oxidation sites excluding steroid dienone is 2. The van der Waals surface area contributed by atoms with Gasteiger partial charge in [-0.05, 0) is 62.2 Å². The third kappa shape index (κ3) is 3.24. The molecule has 19 heavy (non-hydrogen) atoms. The minimum atomic E-state index is 0.628. The van der Waals surface area contributed by atoms with Crippen molar-refractivity contribution in [3.63, 3.8) is 0 Å². The van der Waals surface area contributed by atoms with Crippen LogP contribution in [0.15, 0.2) is 11.6 Å². The lowest BCUT2D eigenvalue weighted by molar-refractivity contribution is -0.0353. The van der Waals surface area contributed by atoms with Crippen molar-refractivity contribution in [2.24, 2.45) is 23.2 Å². The molecule has 0 aromatic carbocycles. The maximum absolute atomic E-state index is 5.65. The fourth-order valence-corrected chi connectivity index (χ4v) is 4.21. The number of fused-ring (bicyclic) bond motifs is 1. The molecule has 2 bridgehead atoms. The highest BCUT2D eigenvalue weighted by molar-refractivity contribution is 5.22. The Morgan fingerprint density at radius 3 is 2.89 bits per heavy atom. The molecule has 3 aliphatic carbocycles. The van der Waals surface area contributed by atoms with E-state index in [4.69, 9.17) is 4.74 Å². The average Bonchev–Trinajstić information content (AvgIpc) is 2.38. The quantitative estimate of drug-likeness (QED) is 0.432. The summed E-state index contributed by atoms with van der Waals surface area (Å²) in [6, 6.07) is 0. The first-order valence-corrected chi connectivity index (χ1v) is 8.32. The Morgan fingerprint density at radius 1 is 1.47 bits per heavy atom. The summed E-state index contributed by atoms with van der Waals surface area (Å²) in [5, 5.41) is 0. The lowest BCUT2D eigenvalue weighted by Crippen LogP contribution is -2.49. The summed E-state index contributed by atoms with van der Waals surface area (Å²) >= 11 is 0. The topological polar surface area (TPSA) is 9.23 Å². The molecule has 110 valence electrons. The Kier molecular flexibility index (Phi) is 5.11. The SMILES string of the molecule is CCCOCC(C)CCCC1(C)C2CC=C(C)C1C2. The van der Waals surface area contributed by atoms with Crippen LogP contribution < -0.4 is 0 Å². The third-order valence-electron chi connectivity index (χ3n) is 5.69. The molecule has 3 rings (SSSR count). The van der Waals surface area contributed by atoms with E-state index in [9.17, 15) is 0 Å². The van der Waals surface area contributed by atoms with Gasteiger partial charge in [-0.25, -0.2) is 0 Å². The molecule has 0 amide bonds. The Bertz CT molecular complexity index is 320. The molecule has 4 unspecified atom stereocenters. The summed E-state index contributed by atoms with van der Waals surface area (Å²) in [5.41, 5.74) is 2.30. The zero-order valence-electron chi connectivity index (χ0n) is 13.4. The van der Waals surface area contributed by atoms with E-state index in [-0.39, 0.29) is 0 Å². The van der Waals surface area contributed by atoms with Crippen LogP contribution in [0.2, 0.25) is 0 Å². The van der Waals surface area contributed by atoms with Gasteiger partial charge in [0, 0.05) is 13.2 Å². The van der Waals surface area contributed by atoms with Crippen LogP contribution in [0.25, 0.3) is 0 Å². The summed E-state index contributed by atoms with van der Waals surface area (Å²) in [6.45, 7) is 11.3. The predicted octanol–water partition coefficient (Wildman–Crippen LogP) is 5.21. The highest BCUT2D eigenvalue weighted by Gasteiger charge is 2.52. The van der Waals surface area contributed by atoms with Gasteiger partial charge in [-0.15, -0.1) is 0 Å². The summed E-state index contributed by atoms with van der Waals surface area (Å²) in [6.07, 6.45) is 10.6. The number of rotatable bonds is 8. The third-order valence-corrected chi connectivity index (χ3v) is 5.69. The van der Waals surface area contributed by atoms with E-state index in [0.717, 1.165) is 37.4 Å². The van der Waals surface area contributed by atoms with Crippen LogP contribution in [0, 0.1) is 23.2 Å². The second-order valence-electron chi connectivity index (χ2n) is 7.25. The largest absolute Gasteiger partial charge is 0.381 e. The van der Waals surface area contributed by atoms with Crippen molar-refractivity contribution in [1.82, 2.24) is 0 Å². The maximum Gasteiger partial charge on any atom is 0.0491 e. The van der Waals surface area contributed by atoms with E-state index in [0.29, 0.717) is 5.41 Å². The van der Waals surface area contributed by atoms with Crippen LogP contribution >= 0.6 is 0 Å². The van der Waals surface area contributed by atoms with Crippen molar-refractivity contribution in [3.05, 3.63) is 11.6 Å². The van der Waals surface area contributed by atoms with Crippen LogP contribution in [0.4, 0.5) is 0 Å². The van der Waals surface area contributed by atoms with Crippen LogP contribution in [0.5, 0.6) is 0 Å². The first-order valence-electron chi connectivity index (χ1n) is 8.32. The minimum absolute atomic E-state index is 0.628. The van der Waals surface area contributed by atoms with Crippen molar-refractivity contribution in [2.45, 2.75) is 66.2 Å². The molecule has 4 atom stereocenters. The average molecular weight is 264 g/mol. The zero-order chi connectivity index (χ0) is 13.9. The van der Waals surface area contributed by atoms with Gasteiger partial charge in [-0.3, -0.25) is 0 Å². The first kappa shape index (κ1) is 15.1. The van der Waals surface area contributed by atoms with Gasteiger partial charge in [-0.2, -0.15) is 0 Å². The molecule has 0 spiro atoms. The van der Waals surface area contributed by atoms with E-state index in [2.05, 4.69) is 33.8 Å². The summed E-state index contributed by atoms with van der Waals surface area (Å²) in [7, 11) is 0. The smallest absolute Gasteiger partial charge is 0.0491 e. The van der Waals surface area contributed by atoms with Crippen LogP contribution in [0.1, 0.15) is 66.2 Å². The molecule has 0 radical (unpaired) electrons. The van der Waals surface area contributed by atoms with Gasteiger partial charge < -0.3 is 4.74 Å². The molecular formula is C18H32O. The van der Waals surface area contributed by atoms with Crippen LogP contribution in [-0.2, 0) is 4.74 Å². The van der Waals surface area contributed by atoms with Crippen molar-refractivity contribution < 1.29 is 4.74 Å². The molecule has 0 heterocycles. The number of ether oxygens (including phenoxy) is 1. The maximum atomic E-state index is 5.65. The molecule has 0 aliphatic heterocycles. The molecule has 1 nitrogen and oxygen atoms in total. The summed E-state index contributed by atoms with van der Waals surface area (Å²) in [5.74, 6) is 2.61. The van der Waals surface area contributed by atoms with E-state index in [1.807, 2.05) is 0 Å². The predicted molar refractivity (Wildman–Crippen MR) is 82.2 cm³/mol. The van der Waals surface area contributed by atoms with Crippen molar-refractivity contribution in [2.75, 3.05) is 13.2 Å². The standard InChI is InChI=1S/C18H32O/c1-5-11-19-13-14(2)7-6-10-18(4)16-9-8-15(3)17(18)12-16/h8,14,16-17H,5-7,9-13H2,1-4H3. The van der Waals surface area contributed by atoms with E-state index < -0.39 is 0 Å². The highest BCUT2D eigenvalue weighted by Crippen LogP contribution is 2.61. The Hall–Kier alpha value is -0.300. The van der Waals surface area contributed by atoms with Crippen molar-refractivity contribution in [3.8, 4) is 0 Å². The molecule has 0 N–H and O–H groups in total. The van der Waals surface area contributed by atoms with Crippen LogP contribution in [0.3, 0.4) is 0 Å². The van der Waals surface area contributed by atoms with E-state index in [1.54, 1.807) is 5.57 Å². The second kappa shape index (κ2) is 6.43. The molecule has 0 aromatic heterocycles. The molecule has 1 fully saturated rings. The highest BCUT2D eigenvalue weighted by atomic mass is 16.5. The van der Waals surface area contributed by atoms with Gasteiger partial charge in [0.15, 0.2) is 0 Å². The van der Waals surface area contributed by atoms with Gasteiger partial charge in [0.25, 0.3) is 0 Å². The monoisotopic (exact) mass is 264 g/mol. The van der Waals surface area contributed by atoms with Crippen LogP contribution in [-0.4, -0.2) is 13.2 Å². The zero-order valence-corrected chi connectivity index (χ0v) is 13.4. The summed E-state index contributed by atoms with van der Waals surface area (Å²) in [4.78, 5) is 0. The van der Waals surface area contributed by atoms with Crippen molar-refractivity contribution >= 4 is 0 Å². The lowest BCUT2D eigenvalue weighted by Gasteiger charge is -2.58. The number of hydrogen-bond donors (Lipinski definition) is 0. The fourth-order valence-electron chi connectivity index (χ4n) is 4.21. The normalized spacial score (nSPS) is 34.6. The Balaban J connectivity index is 1.68. The molecule has 1 saturated carbocycles. The van der Waals surface area contributed by atoms with Crippen molar-refractivity contribution in [1.29, 1.82) is 0 Å². The van der Waals surface area contributed by atoms with Gasteiger partial charge in [0.1, 0.15) is 0 Å². The van der Waals surface area contributed by atoms with E-state index >= 15 is 0 Å². The Labute approximate surface area is 119 Å². The molecule has 3 aliphatic rings. The van der Waals surface area contributed by atoms with Gasteiger partial charge in [0.05, 0.1) is 0 Å². The van der Waals surface area contributed by atoms with E-state index in [1.165, 1.54) is 32.1 Å². The molecular weight excluding hydrogens is 232 g/mol. The lowest BCUT2D eigenvalue weighted by atomic mass is 9.47. The van der Waals surface area contributed by atoms with Gasteiger partial charge >= 0.3 is 0 Å². The van der Waals surface area contributed by atoms with Gasteiger partial charge in [0.2, 0.25) is 0 Å². The fraction of sp³-hybridized carbons (Fsp3) is 0.889. The minimum Gasteiger partial charge on any atom is -0.381 e. The molecule has 0 aromatic rings. The second-order valence-corrected chi connectivity index (χ2v) is 7.25. The molecule has 1 heteroatoms. The first-order chi connectivity index (χ1) is 9.08. The summed E-state index contributed by atoms with van der Waals surface area (Å²) < 4.78 is 5.65. The Morgan fingerprint density at radius 2 is 2.26 bits per heavy atom.